The van der Waals surface area contributed by atoms with Crippen molar-refractivity contribution in [2.75, 3.05) is 0 Å². The Balaban J connectivity index is 1.53. The molecule has 1 aliphatic heterocycles. The lowest BCUT2D eigenvalue weighted by atomic mass is 9.56. The summed E-state index contributed by atoms with van der Waals surface area (Å²) in [7, 11) is -2.25. The molecule has 124 valence electrons. The highest BCUT2D eigenvalue weighted by atomic mass is 29.2. The summed E-state index contributed by atoms with van der Waals surface area (Å²) >= 11 is 0. The number of fused-ring (bicyclic) bond motifs is 5. The molecule has 22 heavy (non-hydrogen) atoms. The lowest BCUT2D eigenvalue weighted by Crippen LogP contribution is -2.56. The predicted molar refractivity (Wildman–Crippen MR) is 98.2 cm³/mol. The Labute approximate surface area is 139 Å². The monoisotopic (exact) mass is 334 g/mol. The molecule has 4 rings (SSSR count). The van der Waals surface area contributed by atoms with E-state index in [1.165, 1.54) is 51.0 Å². The molecule has 3 aliphatic carbocycles. The van der Waals surface area contributed by atoms with Gasteiger partial charge in [0, 0.05) is 14.0 Å². The van der Waals surface area contributed by atoms with Crippen molar-refractivity contribution in [2.45, 2.75) is 77.1 Å². The first-order valence-corrected chi connectivity index (χ1v) is 16.7. The van der Waals surface area contributed by atoms with Crippen molar-refractivity contribution in [2.24, 2.45) is 35.5 Å². The molecule has 0 amide bonds. The van der Waals surface area contributed by atoms with Crippen molar-refractivity contribution in [3.63, 3.8) is 0 Å². The van der Waals surface area contributed by atoms with Crippen molar-refractivity contribution >= 4 is 21.3 Å². The van der Waals surface area contributed by atoms with E-state index in [0.717, 1.165) is 47.3 Å². The lowest BCUT2D eigenvalue weighted by molar-refractivity contribution is -0.116. The van der Waals surface area contributed by atoms with Crippen LogP contribution in [0, 0.1) is 35.5 Å². The zero-order valence-corrected chi connectivity index (χ0v) is 17.0. The van der Waals surface area contributed by atoms with Crippen molar-refractivity contribution in [3.8, 4) is 0 Å². The Hall–Kier alpha value is 0.104. The maximum absolute atomic E-state index is 12.9. The van der Waals surface area contributed by atoms with Gasteiger partial charge in [0.05, 0.1) is 0 Å². The van der Waals surface area contributed by atoms with Crippen LogP contribution in [-0.4, -0.2) is 21.3 Å². The number of carbonyl (C=O) groups excluding carboxylic acids is 1. The number of hydrogen-bond acceptors (Lipinski definition) is 1. The van der Waals surface area contributed by atoms with Gasteiger partial charge in [0.1, 0.15) is 13.7 Å². The molecular formula is C19H34OSi2. The molecule has 1 heterocycles. The molecule has 1 unspecified atom stereocenters. The average molecular weight is 335 g/mol. The first-order valence-electron chi connectivity index (χ1n) is 9.98. The van der Waals surface area contributed by atoms with E-state index >= 15 is 0 Å². The maximum Gasteiger partial charge on any atom is 0.110 e. The van der Waals surface area contributed by atoms with E-state index in [1.807, 2.05) is 0 Å². The van der Waals surface area contributed by atoms with Gasteiger partial charge < -0.3 is 4.79 Å². The normalized spacial score (nSPS) is 48.5. The highest BCUT2D eigenvalue weighted by Gasteiger charge is 2.52. The molecular weight excluding hydrogens is 300 g/mol. The molecule has 4 aliphatic rings. The van der Waals surface area contributed by atoms with Crippen LogP contribution >= 0.6 is 0 Å². The van der Waals surface area contributed by atoms with E-state index in [2.05, 4.69) is 19.6 Å². The van der Waals surface area contributed by atoms with Gasteiger partial charge in [-0.05, 0) is 61.2 Å². The van der Waals surface area contributed by atoms with Crippen LogP contribution < -0.4 is 0 Å². The largest absolute Gasteiger partial charge is 0.306 e. The van der Waals surface area contributed by atoms with Gasteiger partial charge in [-0.3, -0.25) is 0 Å². The van der Waals surface area contributed by atoms with Crippen LogP contribution in [0.4, 0.5) is 0 Å². The summed E-state index contributed by atoms with van der Waals surface area (Å²) in [5.74, 6) is 5.86. The molecule has 0 radical (unpaired) electrons. The fourth-order valence-electron chi connectivity index (χ4n) is 7.11. The van der Waals surface area contributed by atoms with Gasteiger partial charge in [0.25, 0.3) is 0 Å². The number of rotatable bonds is 1. The third-order valence-electron chi connectivity index (χ3n) is 8.12. The number of carbonyl (C=O) groups is 1. The zero-order chi connectivity index (χ0) is 15.5. The summed E-state index contributed by atoms with van der Waals surface area (Å²) in [6.45, 7) is 7.41. The van der Waals surface area contributed by atoms with Crippen LogP contribution in [0.1, 0.15) is 51.4 Å². The van der Waals surface area contributed by atoms with Crippen LogP contribution in [0.25, 0.3) is 0 Å². The molecule has 0 bridgehead atoms. The second kappa shape index (κ2) is 5.58. The van der Waals surface area contributed by atoms with E-state index in [-0.39, 0.29) is 0 Å². The Morgan fingerprint density at radius 1 is 0.818 bits per heavy atom. The molecule has 0 aromatic rings. The zero-order valence-electron chi connectivity index (χ0n) is 14.8. The van der Waals surface area contributed by atoms with Gasteiger partial charge >= 0.3 is 0 Å². The summed E-state index contributed by atoms with van der Waals surface area (Å²) in [5.41, 5.74) is 0. The molecule has 0 N–H and O–H groups in total. The van der Waals surface area contributed by atoms with Crippen molar-refractivity contribution in [1.82, 2.24) is 0 Å². The predicted octanol–water partition coefficient (Wildman–Crippen LogP) is 4.61. The summed E-state index contributed by atoms with van der Waals surface area (Å²) in [6, 6.07) is 1.40. The standard InChI is InChI=1S/C19H34OSi2/c1-22(2,3)21-12-14-8-10-16-15-6-4-5-13(15)7-9-17(16)18(14)11-19(21)20/h13-18,21H,4-12H2,1-3H3/t13-,14+,15+,16-,17-,18-,21?/m0/s1. The second-order valence-electron chi connectivity index (χ2n) is 10.1. The lowest BCUT2D eigenvalue weighted by Gasteiger charge is -2.53. The fraction of sp³-hybridized carbons (Fsp3) is 0.947. The first-order chi connectivity index (χ1) is 10.4. The molecule has 0 aromatic heterocycles. The van der Waals surface area contributed by atoms with Gasteiger partial charge in [-0.1, -0.05) is 44.9 Å². The number of hydrogen-bond donors (Lipinski definition) is 0. The van der Waals surface area contributed by atoms with Crippen molar-refractivity contribution in [1.29, 1.82) is 0 Å². The molecule has 3 saturated carbocycles. The summed E-state index contributed by atoms with van der Waals surface area (Å²) in [5, 5.41) is 0.801. The van der Waals surface area contributed by atoms with Gasteiger partial charge in [-0.15, -0.1) is 0 Å². The Kier molecular flexibility index (Phi) is 3.96. The third kappa shape index (κ3) is 2.51. The van der Waals surface area contributed by atoms with E-state index in [9.17, 15) is 4.79 Å². The quantitative estimate of drug-likeness (QED) is 0.640. The van der Waals surface area contributed by atoms with E-state index < -0.39 is 15.9 Å². The van der Waals surface area contributed by atoms with Crippen LogP contribution in [-0.2, 0) is 4.79 Å². The maximum atomic E-state index is 12.9. The first kappa shape index (κ1) is 15.6. The van der Waals surface area contributed by atoms with E-state index in [1.54, 1.807) is 0 Å². The van der Waals surface area contributed by atoms with Crippen molar-refractivity contribution in [3.05, 3.63) is 0 Å². The van der Waals surface area contributed by atoms with E-state index in [0.29, 0.717) is 0 Å². The van der Waals surface area contributed by atoms with Gasteiger partial charge in [-0.25, -0.2) is 0 Å². The summed E-state index contributed by atoms with van der Waals surface area (Å²) in [6.07, 6.45) is 11.5. The van der Waals surface area contributed by atoms with Gasteiger partial charge in [0.15, 0.2) is 0 Å². The van der Waals surface area contributed by atoms with Crippen LogP contribution in [0.2, 0.25) is 25.7 Å². The molecule has 1 saturated heterocycles. The molecule has 7 atom stereocenters. The van der Waals surface area contributed by atoms with E-state index in [4.69, 9.17) is 0 Å². The molecule has 1 nitrogen and oxygen atoms in total. The highest BCUT2D eigenvalue weighted by Crippen LogP contribution is 2.57. The van der Waals surface area contributed by atoms with Gasteiger partial charge in [0.2, 0.25) is 0 Å². The van der Waals surface area contributed by atoms with Crippen molar-refractivity contribution < 1.29 is 4.79 Å². The van der Waals surface area contributed by atoms with Crippen LogP contribution in [0.5, 0.6) is 0 Å². The topological polar surface area (TPSA) is 17.1 Å². The molecule has 3 heteroatoms. The minimum atomic E-state index is -1.17. The second-order valence-corrected chi connectivity index (χ2v) is 24.3. The minimum Gasteiger partial charge on any atom is -0.306 e. The fourth-order valence-corrected chi connectivity index (χ4v) is 17.1. The third-order valence-corrected chi connectivity index (χ3v) is 20.3. The Morgan fingerprint density at radius 2 is 1.50 bits per heavy atom. The smallest absolute Gasteiger partial charge is 0.110 e. The molecule has 4 fully saturated rings. The Morgan fingerprint density at radius 3 is 2.23 bits per heavy atom. The summed E-state index contributed by atoms with van der Waals surface area (Å²) < 4.78 is 0. The van der Waals surface area contributed by atoms with Crippen LogP contribution in [0.15, 0.2) is 0 Å². The summed E-state index contributed by atoms with van der Waals surface area (Å²) in [4.78, 5) is 12.9. The highest BCUT2D eigenvalue weighted by molar-refractivity contribution is 7.42. The average Bonchev–Trinajstić information content (AvgIpc) is 2.93. The minimum absolute atomic E-state index is 0.801. The Bertz CT molecular complexity index is 455. The molecule has 0 spiro atoms. The SMILES string of the molecule is C[Si](C)(C)[SiH]1C[C@H]2CC[C@@H]3[C@H](CC[C@@H]4CCC[C@H]43)[C@H]2CC1=O. The van der Waals surface area contributed by atoms with Gasteiger partial charge in [-0.2, -0.15) is 0 Å². The van der Waals surface area contributed by atoms with Crippen LogP contribution in [0.3, 0.4) is 0 Å². The molecule has 0 aromatic carbocycles.